The van der Waals surface area contributed by atoms with Crippen LogP contribution in [0.5, 0.6) is 5.75 Å². The number of ether oxygens (including phenoxy) is 1. The number of amides is 2. The summed E-state index contributed by atoms with van der Waals surface area (Å²) in [5, 5.41) is 5.28. The van der Waals surface area contributed by atoms with Gasteiger partial charge in [0, 0.05) is 49.2 Å². The zero-order valence-electron chi connectivity index (χ0n) is 16.7. The molecule has 2 aliphatic rings. The molecule has 1 atom stereocenters. The molecule has 1 saturated heterocycles. The van der Waals surface area contributed by atoms with Gasteiger partial charge in [0.05, 0.1) is 18.3 Å². The van der Waals surface area contributed by atoms with E-state index in [4.69, 9.17) is 4.74 Å². The van der Waals surface area contributed by atoms with Crippen molar-refractivity contribution in [2.75, 3.05) is 38.1 Å². The van der Waals surface area contributed by atoms with Gasteiger partial charge in [-0.1, -0.05) is 12.1 Å². The highest BCUT2D eigenvalue weighted by atomic mass is 32.1. The predicted molar refractivity (Wildman–Crippen MR) is 117 cm³/mol. The van der Waals surface area contributed by atoms with Crippen molar-refractivity contribution in [1.82, 2.24) is 19.8 Å². The highest BCUT2D eigenvalue weighted by Crippen LogP contribution is 2.32. The van der Waals surface area contributed by atoms with Crippen molar-refractivity contribution < 1.29 is 14.3 Å². The van der Waals surface area contributed by atoms with E-state index in [2.05, 4.69) is 20.2 Å². The van der Waals surface area contributed by atoms with Crippen LogP contribution in [0.2, 0.25) is 0 Å². The van der Waals surface area contributed by atoms with Gasteiger partial charge in [0.25, 0.3) is 5.91 Å². The number of thiazole rings is 1. The van der Waals surface area contributed by atoms with Gasteiger partial charge in [-0.15, -0.1) is 11.3 Å². The summed E-state index contributed by atoms with van der Waals surface area (Å²) in [6.45, 7) is 2.30. The third-order valence-corrected chi connectivity index (χ3v) is 6.29. The fraction of sp³-hybridized carbons (Fsp3) is 0.273. The maximum absolute atomic E-state index is 12.7. The summed E-state index contributed by atoms with van der Waals surface area (Å²) in [5.41, 5.74) is 2.56. The van der Waals surface area contributed by atoms with Crippen LogP contribution >= 0.6 is 11.3 Å². The number of aromatic nitrogens is 2. The Morgan fingerprint density at radius 2 is 2.13 bits per heavy atom. The van der Waals surface area contributed by atoms with E-state index in [1.807, 2.05) is 30.3 Å². The molecule has 1 N–H and O–H groups in total. The number of hydrogen-bond donors (Lipinski definition) is 1. The van der Waals surface area contributed by atoms with Crippen LogP contribution < -0.4 is 10.1 Å². The molecular formula is C22H21N5O3S. The van der Waals surface area contributed by atoms with Crippen LogP contribution in [0.3, 0.4) is 0 Å². The molecule has 2 aromatic heterocycles. The van der Waals surface area contributed by atoms with E-state index < -0.39 is 0 Å². The maximum Gasteiger partial charge on any atom is 0.282 e. The number of rotatable bonds is 2. The minimum Gasteiger partial charge on any atom is -0.490 e. The Bertz CT molecular complexity index is 1090. The molecule has 2 amide bonds. The lowest BCUT2D eigenvalue weighted by atomic mass is 10.1. The second-order valence-corrected chi connectivity index (χ2v) is 8.42. The lowest BCUT2D eigenvalue weighted by Crippen LogP contribution is -2.57. The Morgan fingerprint density at radius 1 is 1.19 bits per heavy atom. The molecule has 31 heavy (non-hydrogen) atoms. The minimum absolute atomic E-state index is 0.0690. The molecule has 3 aromatic rings. The standard InChI is InChI=1S/C22H21N5O3S/c28-20-13-26-7-8-27(22(29)21-24-6-9-31-21)12-17(26)14-30-19-4-3-15(10-18(19)25-20)16-2-1-5-23-11-16/h1-6,9-11,17H,7-8,12-14H2,(H,25,28)/t17-/m0/s1. The molecule has 0 bridgehead atoms. The Hall–Kier alpha value is -3.30. The number of anilines is 1. The van der Waals surface area contributed by atoms with Gasteiger partial charge in [-0.25, -0.2) is 4.98 Å². The zero-order chi connectivity index (χ0) is 21.2. The van der Waals surface area contributed by atoms with E-state index in [0.717, 1.165) is 11.1 Å². The van der Waals surface area contributed by atoms with Crippen molar-refractivity contribution in [2.45, 2.75) is 6.04 Å². The van der Waals surface area contributed by atoms with Gasteiger partial charge in [-0.05, 0) is 23.8 Å². The van der Waals surface area contributed by atoms with E-state index in [1.54, 1.807) is 28.9 Å². The summed E-state index contributed by atoms with van der Waals surface area (Å²) in [4.78, 5) is 37.6. The number of benzene rings is 1. The van der Waals surface area contributed by atoms with Crippen molar-refractivity contribution in [3.63, 3.8) is 0 Å². The van der Waals surface area contributed by atoms with Crippen molar-refractivity contribution >= 4 is 28.8 Å². The van der Waals surface area contributed by atoms with Crippen LogP contribution in [0.1, 0.15) is 9.80 Å². The van der Waals surface area contributed by atoms with Gasteiger partial charge >= 0.3 is 0 Å². The second kappa shape index (κ2) is 8.44. The van der Waals surface area contributed by atoms with Crippen LogP contribution in [0, 0.1) is 0 Å². The fourth-order valence-corrected chi connectivity index (χ4v) is 4.54. The SMILES string of the molecule is O=C1CN2CCN(C(=O)c3nccs3)C[C@H]2COc2ccc(-c3cccnc3)cc2N1. The maximum atomic E-state index is 12.7. The Labute approximate surface area is 183 Å². The highest BCUT2D eigenvalue weighted by Gasteiger charge is 2.33. The molecule has 4 heterocycles. The summed E-state index contributed by atoms with van der Waals surface area (Å²) in [6.07, 6.45) is 5.15. The molecule has 1 aromatic carbocycles. The van der Waals surface area contributed by atoms with Gasteiger partial charge in [0.1, 0.15) is 12.4 Å². The summed E-state index contributed by atoms with van der Waals surface area (Å²) >= 11 is 1.34. The van der Waals surface area contributed by atoms with E-state index in [1.165, 1.54) is 11.3 Å². The summed E-state index contributed by atoms with van der Waals surface area (Å²) in [7, 11) is 0. The summed E-state index contributed by atoms with van der Waals surface area (Å²) in [6, 6.07) is 9.51. The lowest BCUT2D eigenvalue weighted by molar-refractivity contribution is -0.118. The van der Waals surface area contributed by atoms with Crippen molar-refractivity contribution in [2.24, 2.45) is 0 Å². The molecule has 0 saturated carbocycles. The summed E-state index contributed by atoms with van der Waals surface area (Å²) in [5.74, 6) is 0.450. The molecule has 1 fully saturated rings. The number of carbonyl (C=O) groups is 2. The molecule has 8 nitrogen and oxygen atoms in total. The van der Waals surface area contributed by atoms with E-state index in [0.29, 0.717) is 42.7 Å². The third kappa shape index (κ3) is 4.14. The monoisotopic (exact) mass is 435 g/mol. The normalized spacial score (nSPS) is 19.2. The topological polar surface area (TPSA) is 87.7 Å². The number of pyridine rings is 1. The fourth-order valence-electron chi connectivity index (χ4n) is 3.93. The van der Waals surface area contributed by atoms with Crippen LogP contribution in [0.4, 0.5) is 5.69 Å². The van der Waals surface area contributed by atoms with Crippen molar-refractivity contribution in [3.8, 4) is 16.9 Å². The number of hydrogen-bond acceptors (Lipinski definition) is 7. The first kappa shape index (κ1) is 19.7. The molecule has 0 radical (unpaired) electrons. The molecule has 2 aliphatic heterocycles. The number of piperazine rings is 1. The Morgan fingerprint density at radius 3 is 2.94 bits per heavy atom. The molecule has 0 unspecified atom stereocenters. The zero-order valence-corrected chi connectivity index (χ0v) is 17.5. The molecule has 9 heteroatoms. The number of nitrogens with one attached hydrogen (secondary N) is 1. The third-order valence-electron chi connectivity index (χ3n) is 5.53. The first-order valence-corrected chi connectivity index (χ1v) is 11.0. The molecular weight excluding hydrogens is 414 g/mol. The number of fused-ring (bicyclic) bond motifs is 2. The molecule has 5 rings (SSSR count). The van der Waals surface area contributed by atoms with Crippen LogP contribution in [0.15, 0.2) is 54.3 Å². The number of nitrogens with zero attached hydrogens (tertiary/aromatic N) is 4. The highest BCUT2D eigenvalue weighted by molar-refractivity contribution is 7.11. The number of carbonyl (C=O) groups excluding carboxylic acids is 2. The van der Waals surface area contributed by atoms with Gasteiger partial charge in [-0.3, -0.25) is 19.5 Å². The van der Waals surface area contributed by atoms with Crippen molar-refractivity contribution in [3.05, 3.63) is 59.3 Å². The lowest BCUT2D eigenvalue weighted by Gasteiger charge is -2.40. The average Bonchev–Trinajstić information content (AvgIpc) is 3.35. The molecule has 0 aliphatic carbocycles. The van der Waals surface area contributed by atoms with E-state index in [-0.39, 0.29) is 24.4 Å². The largest absolute Gasteiger partial charge is 0.490 e. The van der Waals surface area contributed by atoms with Crippen LogP contribution in [-0.2, 0) is 4.79 Å². The quantitative estimate of drug-likeness (QED) is 0.665. The minimum atomic E-state index is -0.0974. The first-order chi connectivity index (χ1) is 15.2. The van der Waals surface area contributed by atoms with Gasteiger partial charge in [-0.2, -0.15) is 0 Å². The molecule has 0 spiro atoms. The smallest absolute Gasteiger partial charge is 0.282 e. The van der Waals surface area contributed by atoms with Gasteiger partial charge in [0.2, 0.25) is 5.91 Å². The van der Waals surface area contributed by atoms with E-state index >= 15 is 0 Å². The predicted octanol–water partition coefficient (Wildman–Crippen LogP) is 2.36. The van der Waals surface area contributed by atoms with Crippen molar-refractivity contribution in [1.29, 1.82) is 0 Å². The Balaban J connectivity index is 1.36. The Kier molecular flexibility index (Phi) is 5.35. The second-order valence-electron chi connectivity index (χ2n) is 7.52. The van der Waals surface area contributed by atoms with E-state index in [9.17, 15) is 9.59 Å². The van der Waals surface area contributed by atoms with Crippen LogP contribution in [-0.4, -0.2) is 70.4 Å². The van der Waals surface area contributed by atoms with Gasteiger partial charge in [0.15, 0.2) is 5.01 Å². The average molecular weight is 436 g/mol. The first-order valence-electron chi connectivity index (χ1n) is 10.1. The van der Waals surface area contributed by atoms with Gasteiger partial charge < -0.3 is 15.0 Å². The van der Waals surface area contributed by atoms with Crippen LogP contribution in [0.25, 0.3) is 11.1 Å². The summed E-state index contributed by atoms with van der Waals surface area (Å²) < 4.78 is 6.11. The molecule has 158 valence electrons.